The molecule has 1 aromatic rings. The van der Waals surface area contributed by atoms with E-state index in [-0.39, 0.29) is 16.9 Å². The van der Waals surface area contributed by atoms with Gasteiger partial charge in [-0.3, -0.25) is 14.5 Å². The third-order valence-electron chi connectivity index (χ3n) is 11.0. The summed E-state index contributed by atoms with van der Waals surface area (Å²) in [6.07, 6.45) is 0.717. The van der Waals surface area contributed by atoms with E-state index in [0.29, 0.717) is 69.7 Å². The highest BCUT2D eigenvalue weighted by atomic mass is 16.8. The normalized spacial score (nSPS) is 37.4. The number of hydrogen-bond donors (Lipinski definition) is 5. The predicted molar refractivity (Wildman–Crippen MR) is 156 cm³/mol. The summed E-state index contributed by atoms with van der Waals surface area (Å²) in [5, 5.41) is 46.3. The van der Waals surface area contributed by atoms with Gasteiger partial charge in [0.1, 0.15) is 17.4 Å². The van der Waals surface area contributed by atoms with E-state index < -0.39 is 64.5 Å². The van der Waals surface area contributed by atoms with Crippen molar-refractivity contribution in [2.75, 3.05) is 59.4 Å². The van der Waals surface area contributed by atoms with Crippen molar-refractivity contribution in [1.29, 1.82) is 0 Å². The summed E-state index contributed by atoms with van der Waals surface area (Å²) in [6, 6.07) is 1.24. The molecule has 2 spiro atoms. The number of aliphatic hydroxyl groups is 3. The Bertz CT molecular complexity index is 1450. The number of carbonyl (C=O) groups is 2. The number of likely N-dealkylation sites (tertiary alicyclic amines) is 1. The van der Waals surface area contributed by atoms with Crippen molar-refractivity contribution in [2.45, 2.75) is 61.5 Å². The molecule has 3 aliphatic carbocycles. The number of likely N-dealkylation sites (N-methyl/N-ethyl adjacent to an activating group) is 1. The molecule has 3 saturated heterocycles. The van der Waals surface area contributed by atoms with Crippen LogP contribution in [0.4, 0.5) is 5.69 Å². The Morgan fingerprint density at radius 1 is 1.14 bits per heavy atom. The Labute approximate surface area is 255 Å². The molecule has 1 amide bonds. The number of aliphatic hydroxyl groups excluding tert-OH is 2. The van der Waals surface area contributed by atoms with E-state index >= 15 is 0 Å². The highest BCUT2D eigenvalue weighted by Crippen LogP contribution is 2.69. The molecule has 0 radical (unpaired) electrons. The summed E-state index contributed by atoms with van der Waals surface area (Å²) in [7, 11) is 7.26. The van der Waals surface area contributed by atoms with Crippen LogP contribution >= 0.6 is 0 Å². The smallest absolute Gasteiger partial charge is 0.228 e. The molecule has 6 N–H and O–H groups in total. The monoisotopic (exact) mass is 614 g/mol. The second kappa shape index (κ2) is 9.86. The van der Waals surface area contributed by atoms with Gasteiger partial charge in [0.15, 0.2) is 17.2 Å². The van der Waals surface area contributed by atoms with Crippen LogP contribution in [0.2, 0.25) is 0 Å². The van der Waals surface area contributed by atoms with Crippen LogP contribution in [0.1, 0.15) is 40.7 Å². The van der Waals surface area contributed by atoms with Gasteiger partial charge in [0.05, 0.1) is 24.9 Å². The summed E-state index contributed by atoms with van der Waals surface area (Å²) in [4.78, 5) is 32.7. The number of piperidine rings is 1. The van der Waals surface area contributed by atoms with E-state index in [2.05, 4.69) is 4.90 Å². The van der Waals surface area contributed by atoms with Crippen molar-refractivity contribution in [3.63, 3.8) is 0 Å². The molecule has 13 heteroatoms. The van der Waals surface area contributed by atoms with Crippen molar-refractivity contribution >= 4 is 17.4 Å². The summed E-state index contributed by atoms with van der Waals surface area (Å²) >= 11 is 0. The van der Waals surface area contributed by atoms with Crippen LogP contribution < -0.4 is 10.6 Å². The van der Waals surface area contributed by atoms with Crippen LogP contribution in [0.25, 0.3) is 0 Å². The Morgan fingerprint density at radius 3 is 2.39 bits per heavy atom. The molecule has 3 unspecified atom stereocenters. The fraction of sp³-hybridized carbons (Fsp3) is 0.677. The molecular formula is C31H42N4O9. The van der Waals surface area contributed by atoms with Gasteiger partial charge in [-0.25, -0.2) is 0 Å². The Kier molecular flexibility index (Phi) is 6.70. The Hall–Kier alpha value is -2.78. The first-order chi connectivity index (χ1) is 20.8. The van der Waals surface area contributed by atoms with Crippen LogP contribution in [0, 0.1) is 17.8 Å². The average Bonchev–Trinajstić information content (AvgIpc) is 3.34. The number of primary amides is 1. The zero-order valence-corrected chi connectivity index (χ0v) is 25.6. The van der Waals surface area contributed by atoms with Crippen molar-refractivity contribution in [3.05, 3.63) is 34.1 Å². The van der Waals surface area contributed by atoms with Crippen molar-refractivity contribution in [2.24, 2.45) is 23.5 Å². The van der Waals surface area contributed by atoms with Gasteiger partial charge in [-0.2, -0.15) is 0 Å². The first-order valence-corrected chi connectivity index (χ1v) is 15.4. The molecule has 13 nitrogen and oxygen atoms in total. The van der Waals surface area contributed by atoms with E-state index in [4.69, 9.17) is 19.9 Å². The number of nitrogens with zero attached hydrogens (tertiary/aromatic N) is 3. The topological polar surface area (TPSA) is 182 Å². The number of ketones is 1. The second-order valence-electron chi connectivity index (χ2n) is 13.7. The SMILES string of the molecule is CN(C)c1cc(CN2CCC3(CC2)OCCO3)c(O)c2c1C[C@H]1C[C@H]3[C@H](N(C)C)C(O)C(C(N)=O)C4(O)O[C@]34C(O)=C1C2=O. The van der Waals surface area contributed by atoms with Gasteiger partial charge < -0.3 is 50.2 Å². The summed E-state index contributed by atoms with van der Waals surface area (Å²) in [6.45, 7) is 3.00. The number of fused-ring (bicyclic) bond motifs is 2. The molecule has 4 fully saturated rings. The number of phenolic OH excluding ortho intramolecular Hbond substituents is 1. The maximum Gasteiger partial charge on any atom is 0.228 e. The second-order valence-corrected chi connectivity index (χ2v) is 13.7. The molecular weight excluding hydrogens is 572 g/mol. The molecule has 1 aromatic carbocycles. The lowest BCUT2D eigenvalue weighted by atomic mass is 9.57. The predicted octanol–water partition coefficient (Wildman–Crippen LogP) is -0.152. The van der Waals surface area contributed by atoms with Crippen LogP contribution in [-0.4, -0.2) is 126 Å². The summed E-state index contributed by atoms with van der Waals surface area (Å²) < 4.78 is 17.6. The number of phenols is 1. The number of rotatable bonds is 5. The molecule has 44 heavy (non-hydrogen) atoms. The van der Waals surface area contributed by atoms with Crippen LogP contribution in [0.3, 0.4) is 0 Å². The summed E-state index contributed by atoms with van der Waals surface area (Å²) in [5.74, 6) is -7.47. The lowest BCUT2D eigenvalue weighted by Crippen LogP contribution is -2.66. The standard InChI is InChI=1S/C31H42N4O9/c1-33(2)19-13-16(14-35-7-5-29(6-8-35)42-9-10-43-29)24(36)21-17(19)11-15-12-18-23(34(3)4)26(38)22(28(32)40)31(41)30(18,44-31)27(39)20(15)25(21)37/h13,15,18,22-23,26,36,38-39,41H,5-12,14H2,1-4H3,(H2,32,40)/t15-,18-,22?,23-,26?,30-,31?/m0/s1. The number of carbonyl (C=O) groups excluding carboxylic acids is 2. The molecule has 6 aliphatic rings. The largest absolute Gasteiger partial charge is 0.509 e. The molecule has 7 rings (SSSR count). The molecule has 0 aromatic heterocycles. The zero-order chi connectivity index (χ0) is 31.5. The highest BCUT2D eigenvalue weighted by Gasteiger charge is 2.86. The van der Waals surface area contributed by atoms with Crippen molar-refractivity contribution < 1.29 is 44.2 Å². The van der Waals surface area contributed by atoms with Crippen LogP contribution in [0.15, 0.2) is 17.4 Å². The van der Waals surface area contributed by atoms with Gasteiger partial charge in [-0.1, -0.05) is 0 Å². The average molecular weight is 615 g/mol. The van der Waals surface area contributed by atoms with Crippen LogP contribution in [-0.2, 0) is 32.0 Å². The minimum atomic E-state index is -2.25. The molecule has 3 heterocycles. The van der Waals surface area contributed by atoms with E-state index in [9.17, 15) is 30.0 Å². The Morgan fingerprint density at radius 2 is 1.80 bits per heavy atom. The quantitative estimate of drug-likeness (QED) is 0.277. The number of allylic oxidation sites excluding steroid dienone is 1. The van der Waals surface area contributed by atoms with E-state index in [0.717, 1.165) is 5.69 Å². The number of Topliss-reactive ketones (excluding diaryl/α,β-unsaturated/α-hetero) is 1. The van der Waals surface area contributed by atoms with Crippen molar-refractivity contribution in [3.8, 4) is 5.75 Å². The first kappa shape index (κ1) is 29.9. The third kappa shape index (κ3) is 3.90. The third-order valence-corrected chi connectivity index (χ3v) is 11.0. The summed E-state index contributed by atoms with van der Waals surface area (Å²) in [5.41, 5.74) is 6.13. The molecule has 7 atom stereocenters. The molecule has 240 valence electrons. The number of ether oxygens (including phenoxy) is 3. The van der Waals surface area contributed by atoms with Crippen LogP contribution in [0.5, 0.6) is 5.75 Å². The number of anilines is 1. The van der Waals surface area contributed by atoms with Crippen molar-refractivity contribution in [1.82, 2.24) is 9.80 Å². The van der Waals surface area contributed by atoms with E-state index in [1.54, 1.807) is 19.0 Å². The molecule has 0 bridgehead atoms. The van der Waals surface area contributed by atoms with Gasteiger partial charge in [0, 0.05) is 75.4 Å². The number of nitrogens with two attached hydrogens (primary N) is 1. The fourth-order valence-corrected chi connectivity index (χ4v) is 8.97. The van der Waals surface area contributed by atoms with E-state index in [1.807, 2.05) is 25.1 Å². The Balaban J connectivity index is 1.28. The maximum absolute atomic E-state index is 14.4. The fourth-order valence-electron chi connectivity index (χ4n) is 8.97. The number of amides is 1. The number of benzene rings is 1. The minimum Gasteiger partial charge on any atom is -0.509 e. The maximum atomic E-state index is 14.4. The van der Waals surface area contributed by atoms with Gasteiger partial charge in [-0.05, 0) is 44.5 Å². The zero-order valence-electron chi connectivity index (χ0n) is 25.6. The molecule has 1 saturated carbocycles. The highest BCUT2D eigenvalue weighted by molar-refractivity contribution is 6.14. The van der Waals surface area contributed by atoms with Gasteiger partial charge >= 0.3 is 0 Å². The lowest BCUT2D eigenvalue weighted by Gasteiger charge is -2.49. The number of hydrogen-bond acceptors (Lipinski definition) is 12. The van der Waals surface area contributed by atoms with Gasteiger partial charge in [0.25, 0.3) is 0 Å². The van der Waals surface area contributed by atoms with E-state index in [1.165, 1.54) is 0 Å². The molecule has 3 aliphatic heterocycles. The number of epoxide rings is 1. The lowest BCUT2D eigenvalue weighted by molar-refractivity contribution is -0.185. The first-order valence-electron chi connectivity index (χ1n) is 15.4. The number of aromatic hydroxyl groups is 1. The van der Waals surface area contributed by atoms with Gasteiger partial charge in [-0.15, -0.1) is 0 Å². The van der Waals surface area contributed by atoms with Gasteiger partial charge in [0.2, 0.25) is 11.7 Å². The minimum absolute atomic E-state index is 0.0643.